The number of hydrogen-bond acceptors (Lipinski definition) is 2. The van der Waals surface area contributed by atoms with E-state index in [0.29, 0.717) is 6.42 Å². The van der Waals surface area contributed by atoms with Crippen LogP contribution in [0.1, 0.15) is 32.6 Å². The Kier molecular flexibility index (Phi) is 2.71. The van der Waals surface area contributed by atoms with Crippen molar-refractivity contribution < 1.29 is 9.59 Å². The largest absolute Gasteiger partial charge is 0.350 e. The van der Waals surface area contributed by atoms with Gasteiger partial charge in [0.05, 0.1) is 6.04 Å². The highest BCUT2D eigenvalue weighted by Crippen LogP contribution is 2.31. The van der Waals surface area contributed by atoms with Gasteiger partial charge in [0.15, 0.2) is 5.78 Å². The highest BCUT2D eigenvalue weighted by atomic mass is 16.1. The van der Waals surface area contributed by atoms with Crippen molar-refractivity contribution in [2.75, 3.05) is 0 Å². The number of carbonyl (C=O) groups is 2. The summed E-state index contributed by atoms with van der Waals surface area (Å²) in [4.78, 5) is 22.3. The first-order chi connectivity index (χ1) is 7.16. The van der Waals surface area contributed by atoms with Crippen LogP contribution in [-0.2, 0) is 9.59 Å². The van der Waals surface area contributed by atoms with E-state index in [4.69, 9.17) is 0 Å². The van der Waals surface area contributed by atoms with Crippen LogP contribution in [-0.4, -0.2) is 17.7 Å². The highest BCUT2D eigenvalue weighted by molar-refractivity contribution is 5.94. The summed E-state index contributed by atoms with van der Waals surface area (Å²) in [7, 11) is 0. The lowest BCUT2D eigenvalue weighted by molar-refractivity contribution is -0.119. The van der Waals surface area contributed by atoms with Crippen molar-refractivity contribution in [3.05, 3.63) is 23.3 Å². The maximum absolute atomic E-state index is 11.3. The number of hydrogen-bond donors (Lipinski definition) is 1. The van der Waals surface area contributed by atoms with Crippen molar-refractivity contribution in [1.82, 2.24) is 5.32 Å². The standard InChI is InChI=1S/C12H15NO2/c1-8(14)13-12-4-2-3-9-5-6-10(15)7-11(9)12/h5,7,12H,2-4,6H2,1H3,(H,13,14)/t12-/m0/s1. The molecule has 0 bridgehead atoms. The second kappa shape index (κ2) is 4.01. The lowest BCUT2D eigenvalue weighted by Gasteiger charge is -2.29. The average molecular weight is 205 g/mol. The molecule has 0 aromatic rings. The predicted octanol–water partition coefficient (Wildman–Crippen LogP) is 1.50. The molecule has 0 heterocycles. The first-order valence-electron chi connectivity index (χ1n) is 5.38. The van der Waals surface area contributed by atoms with Crippen LogP contribution in [0.4, 0.5) is 0 Å². The molecule has 0 unspecified atom stereocenters. The van der Waals surface area contributed by atoms with Crippen molar-refractivity contribution in [2.24, 2.45) is 0 Å². The van der Waals surface area contributed by atoms with Gasteiger partial charge in [0.2, 0.25) is 5.91 Å². The van der Waals surface area contributed by atoms with Crippen LogP contribution in [0.3, 0.4) is 0 Å². The van der Waals surface area contributed by atoms with E-state index in [0.717, 1.165) is 24.8 Å². The highest BCUT2D eigenvalue weighted by Gasteiger charge is 2.25. The predicted molar refractivity (Wildman–Crippen MR) is 57.2 cm³/mol. The van der Waals surface area contributed by atoms with Gasteiger partial charge in [0, 0.05) is 13.3 Å². The topological polar surface area (TPSA) is 46.2 Å². The fourth-order valence-corrected chi connectivity index (χ4v) is 2.28. The average Bonchev–Trinajstić information content (AvgIpc) is 2.18. The Morgan fingerprint density at radius 2 is 2.33 bits per heavy atom. The lowest BCUT2D eigenvalue weighted by atomic mass is 9.81. The molecule has 0 spiro atoms. The molecule has 0 aromatic heterocycles. The lowest BCUT2D eigenvalue weighted by Crippen LogP contribution is -2.38. The molecule has 1 saturated carbocycles. The number of carbonyl (C=O) groups excluding carboxylic acids is 2. The first-order valence-corrected chi connectivity index (χ1v) is 5.38. The molecule has 2 rings (SSSR count). The van der Waals surface area contributed by atoms with Crippen LogP contribution in [0.5, 0.6) is 0 Å². The molecule has 0 aromatic carbocycles. The fourth-order valence-electron chi connectivity index (χ4n) is 2.28. The summed E-state index contributed by atoms with van der Waals surface area (Å²) in [6, 6.07) is 0.0479. The molecule has 1 fully saturated rings. The van der Waals surface area contributed by atoms with Gasteiger partial charge < -0.3 is 5.32 Å². The Balaban J connectivity index is 2.21. The van der Waals surface area contributed by atoms with Gasteiger partial charge in [-0.3, -0.25) is 9.59 Å². The molecule has 2 aliphatic rings. The molecule has 1 amide bonds. The number of rotatable bonds is 1. The minimum Gasteiger partial charge on any atom is -0.350 e. The summed E-state index contributed by atoms with van der Waals surface area (Å²) in [5, 5.41) is 2.90. The van der Waals surface area contributed by atoms with Crippen molar-refractivity contribution in [1.29, 1.82) is 0 Å². The molecule has 0 saturated heterocycles. The van der Waals surface area contributed by atoms with Crippen LogP contribution in [0.25, 0.3) is 0 Å². The molecule has 3 nitrogen and oxygen atoms in total. The van der Waals surface area contributed by atoms with Crippen LogP contribution < -0.4 is 5.32 Å². The van der Waals surface area contributed by atoms with Gasteiger partial charge >= 0.3 is 0 Å². The summed E-state index contributed by atoms with van der Waals surface area (Å²) in [6.07, 6.45) is 7.29. The molecule has 3 heteroatoms. The van der Waals surface area contributed by atoms with Crippen molar-refractivity contribution in [2.45, 2.75) is 38.6 Å². The Morgan fingerprint density at radius 1 is 1.53 bits per heavy atom. The minimum atomic E-state index is -0.0276. The fraction of sp³-hybridized carbons (Fsp3) is 0.500. The van der Waals surface area contributed by atoms with E-state index in [1.54, 1.807) is 6.08 Å². The number of nitrogens with one attached hydrogen (secondary N) is 1. The monoisotopic (exact) mass is 205 g/mol. The Hall–Kier alpha value is -1.38. The zero-order valence-electron chi connectivity index (χ0n) is 8.88. The molecule has 1 N–H and O–H groups in total. The molecule has 2 aliphatic carbocycles. The Bertz CT molecular complexity index is 366. The van der Waals surface area contributed by atoms with Gasteiger partial charge in [-0.2, -0.15) is 0 Å². The normalized spacial score (nSPS) is 25.1. The van der Waals surface area contributed by atoms with Crippen LogP contribution in [0.15, 0.2) is 23.3 Å². The molecule has 0 aliphatic heterocycles. The van der Waals surface area contributed by atoms with E-state index in [1.807, 2.05) is 6.08 Å². The third-order valence-corrected chi connectivity index (χ3v) is 2.93. The molecule has 1 atom stereocenters. The summed E-state index contributed by atoms with van der Waals surface area (Å²) in [5.74, 6) is 0.117. The quantitative estimate of drug-likeness (QED) is 0.705. The van der Waals surface area contributed by atoms with Gasteiger partial charge in [-0.25, -0.2) is 0 Å². The van der Waals surface area contributed by atoms with E-state index < -0.39 is 0 Å². The second-order valence-electron chi connectivity index (χ2n) is 4.14. The molecular weight excluding hydrogens is 190 g/mol. The van der Waals surface area contributed by atoms with E-state index in [1.165, 1.54) is 12.5 Å². The molecule has 80 valence electrons. The van der Waals surface area contributed by atoms with Gasteiger partial charge in [-0.05, 0) is 36.5 Å². The molecule has 15 heavy (non-hydrogen) atoms. The Morgan fingerprint density at radius 3 is 3.07 bits per heavy atom. The first kappa shape index (κ1) is 10.1. The number of allylic oxidation sites excluding steroid dienone is 2. The number of amides is 1. The van der Waals surface area contributed by atoms with Gasteiger partial charge in [-0.1, -0.05) is 6.08 Å². The van der Waals surface area contributed by atoms with E-state index in [2.05, 4.69) is 5.32 Å². The smallest absolute Gasteiger partial charge is 0.217 e. The third-order valence-electron chi connectivity index (χ3n) is 2.93. The van der Waals surface area contributed by atoms with Crippen LogP contribution >= 0.6 is 0 Å². The van der Waals surface area contributed by atoms with Crippen LogP contribution in [0, 0.1) is 0 Å². The van der Waals surface area contributed by atoms with E-state index in [-0.39, 0.29) is 17.7 Å². The van der Waals surface area contributed by atoms with Crippen molar-refractivity contribution in [3.63, 3.8) is 0 Å². The number of fused-ring (bicyclic) bond motifs is 1. The van der Waals surface area contributed by atoms with Crippen molar-refractivity contribution >= 4 is 11.7 Å². The summed E-state index contributed by atoms with van der Waals surface area (Å²) in [5.41, 5.74) is 2.28. The summed E-state index contributed by atoms with van der Waals surface area (Å²) in [6.45, 7) is 1.52. The van der Waals surface area contributed by atoms with Gasteiger partial charge in [0.25, 0.3) is 0 Å². The summed E-state index contributed by atoms with van der Waals surface area (Å²) < 4.78 is 0. The maximum atomic E-state index is 11.3. The van der Waals surface area contributed by atoms with E-state index in [9.17, 15) is 9.59 Å². The maximum Gasteiger partial charge on any atom is 0.217 e. The Labute approximate surface area is 89.2 Å². The van der Waals surface area contributed by atoms with Crippen LogP contribution in [0.2, 0.25) is 0 Å². The minimum absolute atomic E-state index is 0.0276. The molecular formula is C12H15NO2. The van der Waals surface area contributed by atoms with E-state index >= 15 is 0 Å². The second-order valence-corrected chi connectivity index (χ2v) is 4.14. The third kappa shape index (κ3) is 2.17. The van der Waals surface area contributed by atoms with Gasteiger partial charge in [-0.15, -0.1) is 0 Å². The SMILES string of the molecule is CC(=O)N[C@H]1CCCC2=CCC(=O)C=C21. The zero-order chi connectivity index (χ0) is 10.8. The summed E-state index contributed by atoms with van der Waals surface area (Å²) >= 11 is 0. The van der Waals surface area contributed by atoms with Gasteiger partial charge in [0.1, 0.15) is 0 Å². The van der Waals surface area contributed by atoms with Crippen molar-refractivity contribution in [3.8, 4) is 0 Å². The number of ketones is 1. The zero-order valence-corrected chi connectivity index (χ0v) is 8.88. The molecule has 0 radical (unpaired) electrons.